The molecule has 2 saturated heterocycles. The number of urea groups is 1. The molecule has 172 valence electrons. The van der Waals surface area contributed by atoms with Crippen LogP contribution in [0.5, 0.6) is 0 Å². The number of Topliss-reactive ketones (excluding diaryl/α,β-unsaturated/α-hetero) is 1. The number of hydrogen-bond acceptors (Lipinski definition) is 6. The average Bonchev–Trinajstić information content (AvgIpc) is 3.34. The number of nitrogens with zero attached hydrogens (tertiary/aromatic N) is 3. The molecule has 2 aliphatic rings. The number of carbonyl (C=O) groups is 2. The van der Waals surface area contributed by atoms with Gasteiger partial charge in [-0.3, -0.25) is 9.69 Å². The Bertz CT molecular complexity index is 925. The first-order valence-corrected chi connectivity index (χ1v) is 11.8. The molecule has 0 saturated carbocycles. The molecule has 4 rings (SSSR count). The molecule has 2 amide bonds. The van der Waals surface area contributed by atoms with Crippen molar-refractivity contribution in [2.75, 3.05) is 63.9 Å². The van der Waals surface area contributed by atoms with Crippen molar-refractivity contribution in [1.29, 1.82) is 0 Å². The molecule has 0 unspecified atom stereocenters. The van der Waals surface area contributed by atoms with Crippen molar-refractivity contribution >= 4 is 28.8 Å². The number of benzene rings is 1. The maximum absolute atomic E-state index is 14.5. The van der Waals surface area contributed by atoms with Crippen LogP contribution in [0.15, 0.2) is 35.7 Å². The Labute approximate surface area is 191 Å². The van der Waals surface area contributed by atoms with Crippen LogP contribution in [-0.4, -0.2) is 80.6 Å². The molecule has 1 atom stereocenters. The summed E-state index contributed by atoms with van der Waals surface area (Å²) in [4.78, 5) is 31.6. The molecule has 3 heterocycles. The minimum absolute atomic E-state index is 0.0909. The van der Waals surface area contributed by atoms with E-state index in [1.165, 1.54) is 17.9 Å². The number of hydrogen-bond donors (Lipinski definition) is 1. The number of halogens is 1. The highest BCUT2D eigenvalue weighted by molar-refractivity contribution is 7.10. The van der Waals surface area contributed by atoms with Gasteiger partial charge in [-0.05, 0) is 36.6 Å². The molecule has 0 bridgehead atoms. The molecular weight excluding hydrogens is 431 g/mol. The first-order chi connectivity index (χ1) is 15.5. The zero-order valence-corrected chi connectivity index (χ0v) is 19.1. The average molecular weight is 461 g/mol. The number of ketones is 1. The van der Waals surface area contributed by atoms with Gasteiger partial charge in [0.25, 0.3) is 0 Å². The summed E-state index contributed by atoms with van der Waals surface area (Å²) in [6, 6.07) is 8.78. The molecule has 2 fully saturated rings. The van der Waals surface area contributed by atoms with E-state index in [9.17, 15) is 14.0 Å². The van der Waals surface area contributed by atoms with Crippen molar-refractivity contribution in [3.63, 3.8) is 0 Å². The Balaban J connectivity index is 1.31. The summed E-state index contributed by atoms with van der Waals surface area (Å²) >= 11 is 1.70. The van der Waals surface area contributed by atoms with Crippen LogP contribution in [0, 0.1) is 5.82 Å². The molecule has 1 aromatic carbocycles. The molecule has 9 heteroatoms. The highest BCUT2D eigenvalue weighted by atomic mass is 32.1. The lowest BCUT2D eigenvalue weighted by atomic mass is 10.1. The Kier molecular flexibility index (Phi) is 7.39. The van der Waals surface area contributed by atoms with Crippen molar-refractivity contribution in [1.82, 2.24) is 15.1 Å². The smallest absolute Gasteiger partial charge is 0.317 e. The largest absolute Gasteiger partial charge is 0.379 e. The van der Waals surface area contributed by atoms with E-state index in [1.807, 2.05) is 11.0 Å². The third-order valence-electron chi connectivity index (χ3n) is 6.07. The van der Waals surface area contributed by atoms with Crippen molar-refractivity contribution in [3.8, 4) is 0 Å². The molecule has 2 aromatic rings. The van der Waals surface area contributed by atoms with Gasteiger partial charge in [-0.2, -0.15) is 0 Å². The van der Waals surface area contributed by atoms with Crippen LogP contribution in [0.1, 0.15) is 28.2 Å². The van der Waals surface area contributed by atoms with Crippen LogP contribution in [-0.2, 0) is 4.74 Å². The summed E-state index contributed by atoms with van der Waals surface area (Å²) < 4.78 is 20.0. The molecule has 2 aliphatic heterocycles. The van der Waals surface area contributed by atoms with Crippen molar-refractivity contribution in [2.24, 2.45) is 0 Å². The van der Waals surface area contributed by atoms with Crippen LogP contribution in [0.3, 0.4) is 0 Å². The minimum Gasteiger partial charge on any atom is -0.379 e. The van der Waals surface area contributed by atoms with Crippen LogP contribution in [0.25, 0.3) is 0 Å². The SMILES string of the molecule is CC(=O)c1ccc(N2CCN(C(=O)NC[C@@H](c3cccs3)N3CCOCC3)CC2)c(F)c1. The number of morpholine rings is 1. The monoisotopic (exact) mass is 460 g/mol. The summed E-state index contributed by atoms with van der Waals surface area (Å²) in [5, 5.41) is 5.17. The fourth-order valence-corrected chi connectivity index (χ4v) is 5.07. The van der Waals surface area contributed by atoms with Gasteiger partial charge in [-0.15, -0.1) is 11.3 Å². The zero-order chi connectivity index (χ0) is 22.5. The van der Waals surface area contributed by atoms with E-state index in [-0.39, 0.29) is 17.9 Å². The normalized spacial score (nSPS) is 18.4. The van der Waals surface area contributed by atoms with Crippen LogP contribution in [0.4, 0.5) is 14.9 Å². The van der Waals surface area contributed by atoms with E-state index in [1.54, 1.807) is 28.4 Å². The fraction of sp³-hybridized carbons (Fsp3) is 0.478. The molecule has 0 radical (unpaired) electrons. The summed E-state index contributed by atoms with van der Waals surface area (Å²) in [5.41, 5.74) is 0.838. The lowest BCUT2D eigenvalue weighted by Crippen LogP contribution is -2.53. The molecule has 32 heavy (non-hydrogen) atoms. The predicted octanol–water partition coefficient (Wildman–Crippen LogP) is 2.99. The van der Waals surface area contributed by atoms with Gasteiger partial charge in [0.1, 0.15) is 5.82 Å². The second-order valence-electron chi connectivity index (χ2n) is 8.06. The summed E-state index contributed by atoms with van der Waals surface area (Å²) in [5.74, 6) is -0.560. The van der Waals surface area contributed by atoms with Gasteiger partial charge in [0.2, 0.25) is 0 Å². The second kappa shape index (κ2) is 10.4. The summed E-state index contributed by atoms with van der Waals surface area (Å²) in [6.45, 7) is 7.21. The Morgan fingerprint density at radius 2 is 1.88 bits per heavy atom. The van der Waals surface area contributed by atoms with E-state index in [4.69, 9.17) is 4.74 Å². The van der Waals surface area contributed by atoms with Gasteiger partial charge in [0.05, 0.1) is 24.9 Å². The predicted molar refractivity (Wildman–Crippen MR) is 123 cm³/mol. The number of nitrogens with one attached hydrogen (secondary N) is 1. The van der Waals surface area contributed by atoms with E-state index in [0.29, 0.717) is 57.2 Å². The van der Waals surface area contributed by atoms with Gasteiger partial charge in [0.15, 0.2) is 5.78 Å². The molecule has 0 aliphatic carbocycles. The fourth-order valence-electron chi connectivity index (χ4n) is 4.21. The first kappa shape index (κ1) is 22.7. The third-order valence-corrected chi connectivity index (χ3v) is 7.04. The van der Waals surface area contributed by atoms with Crippen LogP contribution < -0.4 is 10.2 Å². The number of rotatable bonds is 6. The van der Waals surface area contributed by atoms with Gasteiger partial charge < -0.3 is 19.9 Å². The van der Waals surface area contributed by atoms with E-state index in [0.717, 1.165) is 13.1 Å². The number of anilines is 1. The summed E-state index contributed by atoms with van der Waals surface area (Å²) in [6.07, 6.45) is 0. The van der Waals surface area contributed by atoms with Crippen molar-refractivity contribution < 1.29 is 18.7 Å². The zero-order valence-electron chi connectivity index (χ0n) is 18.3. The van der Waals surface area contributed by atoms with Crippen molar-refractivity contribution in [3.05, 3.63) is 52.0 Å². The van der Waals surface area contributed by atoms with Gasteiger partial charge in [0, 0.05) is 56.3 Å². The topological polar surface area (TPSA) is 65.1 Å². The molecule has 1 N–H and O–H groups in total. The van der Waals surface area contributed by atoms with Crippen LogP contribution in [0.2, 0.25) is 0 Å². The van der Waals surface area contributed by atoms with E-state index in [2.05, 4.69) is 21.7 Å². The lowest BCUT2D eigenvalue weighted by molar-refractivity contribution is 0.0171. The van der Waals surface area contributed by atoms with E-state index < -0.39 is 5.82 Å². The van der Waals surface area contributed by atoms with Gasteiger partial charge >= 0.3 is 6.03 Å². The molecule has 1 aromatic heterocycles. The quantitative estimate of drug-likeness (QED) is 0.672. The van der Waals surface area contributed by atoms with Gasteiger partial charge in [-0.25, -0.2) is 9.18 Å². The standard InChI is InChI=1S/C23H29FN4O3S/c1-17(29)18-4-5-20(19(24)15-18)26-6-8-28(9-7-26)23(30)25-16-21(22-3-2-14-32-22)27-10-12-31-13-11-27/h2-5,14-15,21H,6-13,16H2,1H3,(H,25,30)/t21-/m0/s1. The molecule has 0 spiro atoms. The number of ether oxygens (including phenoxy) is 1. The van der Waals surface area contributed by atoms with Crippen LogP contribution >= 0.6 is 11.3 Å². The van der Waals surface area contributed by atoms with E-state index >= 15 is 0 Å². The first-order valence-electron chi connectivity index (χ1n) is 11.0. The Hall–Kier alpha value is -2.49. The number of amides is 2. The second-order valence-corrected chi connectivity index (χ2v) is 9.04. The summed E-state index contributed by atoms with van der Waals surface area (Å²) in [7, 11) is 0. The maximum atomic E-state index is 14.5. The van der Waals surface area contributed by atoms with Crippen molar-refractivity contribution in [2.45, 2.75) is 13.0 Å². The minimum atomic E-state index is -0.403. The number of carbonyl (C=O) groups excluding carboxylic acids is 2. The highest BCUT2D eigenvalue weighted by Gasteiger charge is 2.27. The lowest BCUT2D eigenvalue weighted by Gasteiger charge is -2.37. The number of piperazine rings is 1. The molecular formula is C23H29FN4O3S. The number of thiophene rings is 1. The Morgan fingerprint density at radius 1 is 1.12 bits per heavy atom. The Morgan fingerprint density at radius 3 is 2.50 bits per heavy atom. The van der Waals surface area contributed by atoms with Gasteiger partial charge in [-0.1, -0.05) is 6.07 Å². The maximum Gasteiger partial charge on any atom is 0.317 e. The third kappa shape index (κ3) is 5.28. The molecule has 7 nitrogen and oxygen atoms in total. The highest BCUT2D eigenvalue weighted by Crippen LogP contribution is 2.26.